The van der Waals surface area contributed by atoms with Crippen LogP contribution in [-0.2, 0) is 11.4 Å². The molecule has 1 atom stereocenters. The minimum Gasteiger partial charge on any atom is -0.484 e. The minimum absolute atomic E-state index is 0.00322. The second-order valence-electron chi connectivity index (χ2n) is 7.83. The van der Waals surface area contributed by atoms with Gasteiger partial charge in [-0.1, -0.05) is 79.2 Å². The summed E-state index contributed by atoms with van der Waals surface area (Å²) in [4.78, 5) is 12.7. The minimum atomic E-state index is -0.00322. The average molecular weight is 471 g/mol. The van der Waals surface area contributed by atoms with Crippen LogP contribution in [0.25, 0.3) is 0 Å². The Morgan fingerprint density at radius 1 is 1.19 bits per heavy atom. The van der Waals surface area contributed by atoms with Crippen molar-refractivity contribution in [2.75, 3.05) is 5.75 Å². The fourth-order valence-electron chi connectivity index (χ4n) is 3.57. The van der Waals surface area contributed by atoms with Crippen LogP contribution >= 0.6 is 23.4 Å². The van der Waals surface area contributed by atoms with Crippen molar-refractivity contribution in [3.8, 4) is 5.75 Å². The molecule has 1 aliphatic rings. The average Bonchev–Trinajstić information content (AvgIpc) is 3.57. The molecule has 1 saturated carbocycles. The van der Waals surface area contributed by atoms with Crippen LogP contribution in [0.2, 0.25) is 5.02 Å². The van der Waals surface area contributed by atoms with E-state index in [1.54, 1.807) is 6.07 Å². The van der Waals surface area contributed by atoms with Crippen molar-refractivity contribution in [2.24, 2.45) is 0 Å². The van der Waals surface area contributed by atoms with E-state index in [4.69, 9.17) is 16.3 Å². The van der Waals surface area contributed by atoms with E-state index in [0.717, 1.165) is 42.2 Å². The number of ether oxygens (including phenoxy) is 1. The van der Waals surface area contributed by atoms with Crippen LogP contribution in [0.1, 0.15) is 56.1 Å². The highest BCUT2D eigenvalue weighted by Gasteiger charge is 2.30. The number of thioether (sulfide) groups is 1. The number of benzene rings is 2. The van der Waals surface area contributed by atoms with Crippen LogP contribution in [0.4, 0.5) is 0 Å². The van der Waals surface area contributed by atoms with Gasteiger partial charge in [-0.25, -0.2) is 0 Å². The number of carbonyl (C=O) groups is 1. The second-order valence-corrected chi connectivity index (χ2v) is 9.18. The molecule has 168 valence electrons. The van der Waals surface area contributed by atoms with Gasteiger partial charge in [-0.05, 0) is 37.0 Å². The number of nitrogens with one attached hydrogen (secondary N) is 1. The predicted octanol–water partition coefficient (Wildman–Crippen LogP) is 5.60. The van der Waals surface area contributed by atoms with Gasteiger partial charge in [-0.2, -0.15) is 0 Å². The summed E-state index contributed by atoms with van der Waals surface area (Å²) in [6.07, 6.45) is 4.08. The normalized spacial score (nSPS) is 14.2. The molecule has 1 aliphatic carbocycles. The van der Waals surface area contributed by atoms with Crippen molar-refractivity contribution in [1.29, 1.82) is 0 Å². The first-order valence-electron chi connectivity index (χ1n) is 10.9. The zero-order valence-electron chi connectivity index (χ0n) is 18.0. The molecule has 0 radical (unpaired) electrons. The SMILES string of the molecule is CCC[C@@H](NC(=O)CSc1nnc(COc2ccccc2Cl)n1C1CC1)c1ccccc1. The Balaban J connectivity index is 1.38. The van der Waals surface area contributed by atoms with Crippen LogP contribution < -0.4 is 10.1 Å². The molecule has 0 bridgehead atoms. The maximum atomic E-state index is 12.7. The van der Waals surface area contributed by atoms with Gasteiger partial charge in [0.25, 0.3) is 0 Å². The van der Waals surface area contributed by atoms with Crippen molar-refractivity contribution in [3.05, 3.63) is 71.0 Å². The lowest BCUT2D eigenvalue weighted by Gasteiger charge is -2.18. The Bertz CT molecular complexity index is 1040. The molecular formula is C24H27ClN4O2S. The number of rotatable bonds is 11. The molecule has 0 aliphatic heterocycles. The molecule has 1 aromatic heterocycles. The third-order valence-electron chi connectivity index (χ3n) is 5.29. The number of nitrogens with zero attached hydrogens (tertiary/aromatic N) is 3. The Morgan fingerprint density at radius 2 is 1.94 bits per heavy atom. The quantitative estimate of drug-likeness (QED) is 0.369. The zero-order valence-corrected chi connectivity index (χ0v) is 19.6. The van der Waals surface area contributed by atoms with Crippen LogP contribution in [0, 0.1) is 0 Å². The number of halogens is 1. The summed E-state index contributed by atoms with van der Waals surface area (Å²) in [6, 6.07) is 17.9. The van der Waals surface area contributed by atoms with Gasteiger partial charge >= 0.3 is 0 Å². The lowest BCUT2D eigenvalue weighted by molar-refractivity contribution is -0.119. The molecule has 0 spiro atoms. The van der Waals surface area contributed by atoms with E-state index < -0.39 is 0 Å². The number of hydrogen-bond donors (Lipinski definition) is 1. The van der Waals surface area contributed by atoms with Gasteiger partial charge in [0.15, 0.2) is 11.0 Å². The number of aromatic nitrogens is 3. The Labute approximate surface area is 197 Å². The molecule has 1 fully saturated rings. The third kappa shape index (κ3) is 5.84. The van der Waals surface area contributed by atoms with E-state index in [1.807, 2.05) is 36.4 Å². The molecule has 8 heteroatoms. The molecule has 1 amide bonds. The van der Waals surface area contributed by atoms with E-state index >= 15 is 0 Å². The Kier molecular flexibility index (Phi) is 7.71. The molecule has 1 N–H and O–H groups in total. The fourth-order valence-corrected chi connectivity index (χ4v) is 4.60. The smallest absolute Gasteiger partial charge is 0.230 e. The summed E-state index contributed by atoms with van der Waals surface area (Å²) in [5.41, 5.74) is 1.13. The van der Waals surface area contributed by atoms with Gasteiger partial charge < -0.3 is 10.1 Å². The van der Waals surface area contributed by atoms with Crippen LogP contribution in [0.5, 0.6) is 5.75 Å². The van der Waals surface area contributed by atoms with E-state index in [9.17, 15) is 4.79 Å². The topological polar surface area (TPSA) is 69.0 Å². The molecule has 0 unspecified atom stereocenters. The number of amides is 1. The molecular weight excluding hydrogens is 444 g/mol. The van der Waals surface area contributed by atoms with E-state index in [-0.39, 0.29) is 18.6 Å². The molecule has 1 heterocycles. The summed E-state index contributed by atoms with van der Waals surface area (Å²) in [6.45, 7) is 2.41. The van der Waals surface area contributed by atoms with E-state index in [1.165, 1.54) is 11.8 Å². The summed E-state index contributed by atoms with van der Waals surface area (Å²) in [7, 11) is 0. The first kappa shape index (κ1) is 22.7. The van der Waals surface area contributed by atoms with Crippen molar-refractivity contribution < 1.29 is 9.53 Å². The van der Waals surface area contributed by atoms with Crippen LogP contribution in [0.15, 0.2) is 59.8 Å². The molecule has 4 rings (SSSR count). The zero-order chi connectivity index (χ0) is 22.3. The van der Waals surface area contributed by atoms with E-state index in [2.05, 4.69) is 39.1 Å². The van der Waals surface area contributed by atoms with Gasteiger partial charge in [0, 0.05) is 6.04 Å². The standard InChI is InChI=1S/C24H27ClN4O2S/c1-2-8-20(17-9-4-3-5-10-17)26-23(30)16-32-24-28-27-22(29(24)18-13-14-18)15-31-21-12-7-6-11-19(21)25/h3-7,9-12,18,20H,2,8,13-16H2,1H3,(H,26,30)/t20-/m1/s1. The lowest BCUT2D eigenvalue weighted by Crippen LogP contribution is -2.30. The van der Waals surface area contributed by atoms with E-state index in [0.29, 0.717) is 22.6 Å². The monoisotopic (exact) mass is 470 g/mol. The van der Waals surface area contributed by atoms with Crippen molar-refractivity contribution in [1.82, 2.24) is 20.1 Å². The lowest BCUT2D eigenvalue weighted by atomic mass is 10.0. The van der Waals surface area contributed by atoms with Gasteiger partial charge in [0.1, 0.15) is 12.4 Å². The van der Waals surface area contributed by atoms with Crippen molar-refractivity contribution in [3.63, 3.8) is 0 Å². The predicted molar refractivity (Wildman–Crippen MR) is 127 cm³/mol. The van der Waals surface area contributed by atoms with Gasteiger partial charge in [-0.15, -0.1) is 10.2 Å². The molecule has 2 aromatic carbocycles. The van der Waals surface area contributed by atoms with Crippen LogP contribution in [-0.4, -0.2) is 26.4 Å². The van der Waals surface area contributed by atoms with Gasteiger partial charge in [0.2, 0.25) is 5.91 Å². The van der Waals surface area contributed by atoms with Crippen LogP contribution in [0.3, 0.4) is 0 Å². The maximum absolute atomic E-state index is 12.7. The molecule has 32 heavy (non-hydrogen) atoms. The molecule has 6 nitrogen and oxygen atoms in total. The van der Waals surface area contributed by atoms with Gasteiger partial charge in [0.05, 0.1) is 16.8 Å². The Hall–Kier alpha value is -2.51. The van der Waals surface area contributed by atoms with Crippen molar-refractivity contribution in [2.45, 2.75) is 56.5 Å². The number of carbonyl (C=O) groups excluding carboxylic acids is 1. The third-order valence-corrected chi connectivity index (χ3v) is 6.54. The first-order valence-corrected chi connectivity index (χ1v) is 12.3. The maximum Gasteiger partial charge on any atom is 0.230 e. The fraction of sp³-hybridized carbons (Fsp3) is 0.375. The van der Waals surface area contributed by atoms with Gasteiger partial charge in [-0.3, -0.25) is 9.36 Å². The molecule has 3 aromatic rings. The summed E-state index contributed by atoms with van der Waals surface area (Å²) < 4.78 is 7.97. The highest BCUT2D eigenvalue weighted by Crippen LogP contribution is 2.39. The highest BCUT2D eigenvalue weighted by molar-refractivity contribution is 7.99. The molecule has 0 saturated heterocycles. The number of para-hydroxylation sites is 1. The summed E-state index contributed by atoms with van der Waals surface area (Å²) in [5.74, 6) is 1.67. The first-order chi connectivity index (χ1) is 15.7. The summed E-state index contributed by atoms with van der Waals surface area (Å²) in [5, 5.41) is 13.2. The second kappa shape index (κ2) is 10.9. The number of hydrogen-bond acceptors (Lipinski definition) is 5. The van der Waals surface area contributed by atoms with Crippen molar-refractivity contribution >= 4 is 29.3 Å². The Morgan fingerprint density at radius 3 is 2.66 bits per heavy atom. The summed E-state index contributed by atoms with van der Waals surface area (Å²) >= 11 is 7.61. The highest BCUT2D eigenvalue weighted by atomic mass is 35.5. The largest absolute Gasteiger partial charge is 0.484 e.